The molecule has 0 bridgehead atoms. The Hall–Kier alpha value is -3.39. The second-order valence-electron chi connectivity index (χ2n) is 6.99. The molecule has 7 nitrogen and oxygen atoms in total. The van der Waals surface area contributed by atoms with Crippen LogP contribution in [0, 0.1) is 0 Å². The summed E-state index contributed by atoms with van der Waals surface area (Å²) in [6.45, 7) is 4.03. The molecule has 0 saturated heterocycles. The Bertz CT molecular complexity index is 1160. The van der Waals surface area contributed by atoms with E-state index in [0.29, 0.717) is 11.3 Å². The molecule has 0 radical (unpaired) electrons. The SMILES string of the molecule is CCN1CCc2ccc(NC(=O)c3ccc(S(=O)(=O)Nc4ccncc4)cc3)cc21. The average Bonchev–Trinajstić information content (AvgIpc) is 3.16. The van der Waals surface area contributed by atoms with E-state index in [0.717, 1.165) is 30.9 Å². The van der Waals surface area contributed by atoms with Gasteiger partial charge in [-0.3, -0.25) is 14.5 Å². The van der Waals surface area contributed by atoms with Crippen LogP contribution in [0.25, 0.3) is 0 Å². The van der Waals surface area contributed by atoms with Crippen LogP contribution in [-0.2, 0) is 16.4 Å². The summed E-state index contributed by atoms with van der Waals surface area (Å²) in [7, 11) is -3.75. The molecule has 154 valence electrons. The number of amides is 1. The van der Waals surface area contributed by atoms with E-state index in [4.69, 9.17) is 0 Å². The number of nitrogens with one attached hydrogen (secondary N) is 2. The van der Waals surface area contributed by atoms with Crippen molar-refractivity contribution in [2.24, 2.45) is 0 Å². The van der Waals surface area contributed by atoms with Crippen molar-refractivity contribution in [3.63, 3.8) is 0 Å². The number of rotatable bonds is 6. The molecular weight excluding hydrogens is 400 g/mol. The lowest BCUT2D eigenvalue weighted by molar-refractivity contribution is 0.102. The molecule has 0 spiro atoms. The van der Waals surface area contributed by atoms with E-state index in [9.17, 15) is 13.2 Å². The van der Waals surface area contributed by atoms with Crippen LogP contribution in [0.2, 0.25) is 0 Å². The molecule has 2 N–H and O–H groups in total. The highest BCUT2D eigenvalue weighted by molar-refractivity contribution is 7.92. The highest BCUT2D eigenvalue weighted by atomic mass is 32.2. The first-order valence-corrected chi connectivity index (χ1v) is 11.2. The summed E-state index contributed by atoms with van der Waals surface area (Å²) in [6, 6.07) is 14.9. The highest BCUT2D eigenvalue weighted by Gasteiger charge is 2.19. The number of aromatic nitrogens is 1. The number of nitrogens with zero attached hydrogens (tertiary/aromatic N) is 2. The summed E-state index contributed by atoms with van der Waals surface area (Å²) in [4.78, 5) is 18.8. The van der Waals surface area contributed by atoms with Gasteiger partial charge in [0.05, 0.1) is 10.6 Å². The zero-order valence-corrected chi connectivity index (χ0v) is 17.3. The van der Waals surface area contributed by atoms with Gasteiger partial charge >= 0.3 is 0 Å². The third kappa shape index (κ3) is 4.13. The van der Waals surface area contributed by atoms with Crippen molar-refractivity contribution >= 4 is 33.0 Å². The molecular formula is C22H22N4O3S. The van der Waals surface area contributed by atoms with Gasteiger partial charge in [-0.25, -0.2) is 8.42 Å². The Kier molecular flexibility index (Phi) is 5.41. The number of likely N-dealkylation sites (N-methyl/N-ethyl adjacent to an activating group) is 1. The predicted octanol–water partition coefficient (Wildman–Crippen LogP) is 3.52. The van der Waals surface area contributed by atoms with Crippen LogP contribution in [-0.4, -0.2) is 32.4 Å². The maximum absolute atomic E-state index is 12.6. The molecule has 0 atom stereocenters. The average molecular weight is 423 g/mol. The van der Waals surface area contributed by atoms with Crippen LogP contribution in [0.1, 0.15) is 22.8 Å². The van der Waals surface area contributed by atoms with Gasteiger partial charge in [0.15, 0.2) is 0 Å². The van der Waals surface area contributed by atoms with E-state index in [1.165, 1.54) is 42.2 Å². The quantitative estimate of drug-likeness (QED) is 0.634. The summed E-state index contributed by atoms with van der Waals surface area (Å²) >= 11 is 0. The van der Waals surface area contributed by atoms with Gasteiger partial charge < -0.3 is 10.2 Å². The molecule has 2 heterocycles. The molecule has 4 rings (SSSR count). The standard InChI is InChI=1S/C22H22N4O3S/c1-2-26-14-11-16-3-6-19(15-21(16)26)24-22(27)17-4-7-20(8-5-17)30(28,29)25-18-9-12-23-13-10-18/h3-10,12-13,15H,2,11,14H2,1H3,(H,23,25)(H,24,27). The Morgan fingerprint density at radius 2 is 1.77 bits per heavy atom. The lowest BCUT2D eigenvalue weighted by Crippen LogP contribution is -2.19. The minimum Gasteiger partial charge on any atom is -0.371 e. The molecule has 1 aliphatic rings. The summed E-state index contributed by atoms with van der Waals surface area (Å²) in [6.07, 6.45) is 4.02. The lowest BCUT2D eigenvalue weighted by atomic mass is 10.1. The molecule has 1 amide bonds. The Morgan fingerprint density at radius 1 is 1.03 bits per heavy atom. The van der Waals surface area contributed by atoms with Gasteiger partial charge in [-0.1, -0.05) is 6.07 Å². The third-order valence-electron chi connectivity index (χ3n) is 5.08. The van der Waals surface area contributed by atoms with E-state index >= 15 is 0 Å². The number of carbonyl (C=O) groups is 1. The summed E-state index contributed by atoms with van der Waals surface area (Å²) in [5.74, 6) is -0.290. The van der Waals surface area contributed by atoms with Crippen molar-refractivity contribution in [2.75, 3.05) is 28.0 Å². The summed E-state index contributed by atoms with van der Waals surface area (Å²) < 4.78 is 27.5. The van der Waals surface area contributed by atoms with Gasteiger partial charge in [0.25, 0.3) is 15.9 Å². The fourth-order valence-electron chi connectivity index (χ4n) is 3.47. The Morgan fingerprint density at radius 3 is 2.47 bits per heavy atom. The van der Waals surface area contributed by atoms with Crippen molar-refractivity contribution in [3.05, 3.63) is 78.1 Å². The number of anilines is 3. The van der Waals surface area contributed by atoms with E-state index in [2.05, 4.69) is 26.8 Å². The highest BCUT2D eigenvalue weighted by Crippen LogP contribution is 2.30. The van der Waals surface area contributed by atoms with Crippen molar-refractivity contribution in [1.82, 2.24) is 4.98 Å². The summed E-state index contributed by atoms with van der Waals surface area (Å²) in [5.41, 5.74) is 3.95. The first kappa shape index (κ1) is 19.9. The number of pyridine rings is 1. The minimum atomic E-state index is -3.75. The smallest absolute Gasteiger partial charge is 0.261 e. The van der Waals surface area contributed by atoms with Crippen LogP contribution >= 0.6 is 0 Å². The first-order valence-electron chi connectivity index (χ1n) is 9.68. The maximum atomic E-state index is 12.6. The van der Waals surface area contributed by atoms with Crippen molar-refractivity contribution in [1.29, 1.82) is 0 Å². The van der Waals surface area contributed by atoms with Gasteiger partial charge in [-0.2, -0.15) is 0 Å². The molecule has 2 aromatic carbocycles. The fourth-order valence-corrected chi connectivity index (χ4v) is 4.53. The van der Waals surface area contributed by atoms with E-state index in [1.807, 2.05) is 18.2 Å². The molecule has 0 fully saturated rings. The lowest BCUT2D eigenvalue weighted by Gasteiger charge is -2.17. The number of hydrogen-bond donors (Lipinski definition) is 2. The van der Waals surface area contributed by atoms with Gasteiger partial charge in [0.2, 0.25) is 0 Å². The predicted molar refractivity (Wildman–Crippen MR) is 117 cm³/mol. The van der Waals surface area contributed by atoms with Crippen LogP contribution in [0.3, 0.4) is 0 Å². The minimum absolute atomic E-state index is 0.0759. The van der Waals surface area contributed by atoms with E-state index in [-0.39, 0.29) is 10.8 Å². The van der Waals surface area contributed by atoms with Crippen molar-refractivity contribution < 1.29 is 13.2 Å². The molecule has 0 aliphatic carbocycles. The number of benzene rings is 2. The van der Waals surface area contributed by atoms with Gasteiger partial charge in [-0.15, -0.1) is 0 Å². The second-order valence-corrected chi connectivity index (χ2v) is 8.68. The largest absolute Gasteiger partial charge is 0.371 e. The van der Waals surface area contributed by atoms with E-state index in [1.54, 1.807) is 12.1 Å². The zero-order valence-electron chi connectivity index (χ0n) is 16.5. The van der Waals surface area contributed by atoms with Crippen LogP contribution in [0.4, 0.5) is 17.1 Å². The molecule has 30 heavy (non-hydrogen) atoms. The number of fused-ring (bicyclic) bond motifs is 1. The topological polar surface area (TPSA) is 91.4 Å². The van der Waals surface area contributed by atoms with Gasteiger partial charge in [0, 0.05) is 42.4 Å². The molecule has 3 aromatic rings. The van der Waals surface area contributed by atoms with Crippen LogP contribution in [0.15, 0.2) is 71.9 Å². The van der Waals surface area contributed by atoms with Crippen LogP contribution < -0.4 is 14.9 Å². The second kappa shape index (κ2) is 8.16. The van der Waals surface area contributed by atoms with Crippen molar-refractivity contribution in [2.45, 2.75) is 18.2 Å². The Labute approximate surface area is 175 Å². The van der Waals surface area contributed by atoms with Crippen molar-refractivity contribution in [3.8, 4) is 0 Å². The number of hydrogen-bond acceptors (Lipinski definition) is 5. The molecule has 1 aromatic heterocycles. The van der Waals surface area contributed by atoms with E-state index < -0.39 is 10.0 Å². The normalized spacial score (nSPS) is 13.0. The molecule has 0 unspecified atom stereocenters. The van der Waals surface area contributed by atoms with Gasteiger partial charge in [-0.05, 0) is 67.4 Å². The third-order valence-corrected chi connectivity index (χ3v) is 6.47. The number of sulfonamides is 1. The molecule has 0 saturated carbocycles. The molecule has 1 aliphatic heterocycles. The zero-order chi connectivity index (χ0) is 21.1. The fraction of sp³-hybridized carbons (Fsp3) is 0.182. The number of carbonyl (C=O) groups excluding carboxylic acids is 1. The monoisotopic (exact) mass is 422 g/mol. The van der Waals surface area contributed by atoms with Gasteiger partial charge in [0.1, 0.15) is 0 Å². The molecule has 8 heteroatoms. The Balaban J connectivity index is 1.47. The maximum Gasteiger partial charge on any atom is 0.261 e. The van der Waals surface area contributed by atoms with Crippen LogP contribution in [0.5, 0.6) is 0 Å². The first-order chi connectivity index (χ1) is 14.5. The summed E-state index contributed by atoms with van der Waals surface area (Å²) in [5, 5.41) is 2.89.